The van der Waals surface area contributed by atoms with Crippen molar-refractivity contribution in [2.45, 2.75) is 46.6 Å². The lowest BCUT2D eigenvalue weighted by molar-refractivity contribution is -0.135. The highest BCUT2D eigenvalue weighted by atomic mass is 19.1. The number of hydrogen-bond acceptors (Lipinski definition) is 1. The molecule has 1 rings (SSSR count). The maximum Gasteiger partial charge on any atom is 0.225 e. The van der Waals surface area contributed by atoms with Gasteiger partial charge in [0.1, 0.15) is 5.82 Å². The van der Waals surface area contributed by atoms with Crippen LogP contribution < -0.4 is 0 Å². The largest absolute Gasteiger partial charge is 0.338 e. The molecule has 0 aromatic heterocycles. The Bertz CT molecular complexity index is 386. The molecule has 0 atom stereocenters. The van der Waals surface area contributed by atoms with Crippen LogP contribution in [0.5, 0.6) is 0 Å². The van der Waals surface area contributed by atoms with E-state index in [2.05, 4.69) is 6.92 Å². The lowest BCUT2D eigenvalue weighted by Crippen LogP contribution is -2.34. The summed E-state index contributed by atoms with van der Waals surface area (Å²) in [4.78, 5) is 14.0. The van der Waals surface area contributed by atoms with Crippen molar-refractivity contribution in [2.75, 3.05) is 6.54 Å². The Labute approximate surface area is 115 Å². The van der Waals surface area contributed by atoms with E-state index in [1.54, 1.807) is 12.1 Å². The quantitative estimate of drug-likeness (QED) is 0.682. The molecule has 0 bridgehead atoms. The Hall–Kier alpha value is -1.38. The molecule has 0 saturated heterocycles. The van der Waals surface area contributed by atoms with Gasteiger partial charge >= 0.3 is 0 Å². The van der Waals surface area contributed by atoms with Crippen LogP contribution in [0.15, 0.2) is 24.3 Å². The molecular weight excluding hydrogens is 241 g/mol. The molecule has 0 heterocycles. The average Bonchev–Trinajstić information content (AvgIpc) is 2.39. The Kier molecular flexibility index (Phi) is 6.54. The summed E-state index contributed by atoms with van der Waals surface area (Å²) in [6.45, 7) is 7.33. The van der Waals surface area contributed by atoms with Crippen LogP contribution in [0, 0.1) is 11.7 Å². The fraction of sp³-hybridized carbons (Fsp3) is 0.562. The van der Waals surface area contributed by atoms with Gasteiger partial charge < -0.3 is 4.90 Å². The number of unbranched alkanes of at least 4 members (excludes halogenated alkanes) is 2. The maximum atomic E-state index is 12.9. The molecule has 3 heteroatoms. The van der Waals surface area contributed by atoms with Crippen molar-refractivity contribution in [1.29, 1.82) is 0 Å². The van der Waals surface area contributed by atoms with Gasteiger partial charge in [-0.3, -0.25) is 4.79 Å². The molecule has 0 saturated carbocycles. The monoisotopic (exact) mass is 265 g/mol. The van der Waals surface area contributed by atoms with Crippen LogP contribution in [-0.4, -0.2) is 17.4 Å². The first-order valence-electron chi connectivity index (χ1n) is 7.07. The molecule has 0 radical (unpaired) electrons. The van der Waals surface area contributed by atoms with Crippen LogP contribution in [0.25, 0.3) is 0 Å². The van der Waals surface area contributed by atoms with Crippen LogP contribution in [0.3, 0.4) is 0 Å². The highest BCUT2D eigenvalue weighted by Gasteiger charge is 2.16. The molecule has 1 aromatic carbocycles. The number of carbonyl (C=O) groups is 1. The molecule has 0 N–H and O–H groups in total. The van der Waals surface area contributed by atoms with E-state index in [9.17, 15) is 9.18 Å². The van der Waals surface area contributed by atoms with Crippen LogP contribution >= 0.6 is 0 Å². The molecule has 0 fully saturated rings. The van der Waals surface area contributed by atoms with E-state index in [0.717, 1.165) is 31.4 Å². The molecule has 19 heavy (non-hydrogen) atoms. The number of rotatable bonds is 7. The van der Waals surface area contributed by atoms with Gasteiger partial charge in [0, 0.05) is 19.0 Å². The van der Waals surface area contributed by atoms with E-state index < -0.39 is 0 Å². The second-order valence-electron chi connectivity index (χ2n) is 5.25. The molecule has 106 valence electrons. The second-order valence-corrected chi connectivity index (χ2v) is 5.25. The van der Waals surface area contributed by atoms with E-state index in [1.807, 2.05) is 18.7 Å². The lowest BCUT2D eigenvalue weighted by Gasteiger charge is -2.24. The van der Waals surface area contributed by atoms with E-state index >= 15 is 0 Å². The second kappa shape index (κ2) is 7.93. The van der Waals surface area contributed by atoms with Gasteiger partial charge in [0.25, 0.3) is 0 Å². The van der Waals surface area contributed by atoms with Crippen LogP contribution in [0.4, 0.5) is 4.39 Å². The van der Waals surface area contributed by atoms with Crippen LogP contribution in [-0.2, 0) is 11.3 Å². The first-order valence-corrected chi connectivity index (χ1v) is 7.07. The third-order valence-corrected chi connectivity index (χ3v) is 3.12. The number of carbonyl (C=O) groups excluding carboxylic acids is 1. The molecule has 1 amide bonds. The summed E-state index contributed by atoms with van der Waals surface area (Å²) >= 11 is 0. The van der Waals surface area contributed by atoms with Crippen molar-refractivity contribution in [2.24, 2.45) is 5.92 Å². The van der Waals surface area contributed by atoms with E-state index in [-0.39, 0.29) is 17.6 Å². The van der Waals surface area contributed by atoms with Gasteiger partial charge in [0.15, 0.2) is 0 Å². The van der Waals surface area contributed by atoms with Crippen molar-refractivity contribution in [3.8, 4) is 0 Å². The lowest BCUT2D eigenvalue weighted by atomic mass is 10.1. The van der Waals surface area contributed by atoms with Crippen LogP contribution in [0.1, 0.15) is 45.6 Å². The van der Waals surface area contributed by atoms with E-state index in [0.29, 0.717) is 6.54 Å². The van der Waals surface area contributed by atoms with Crippen molar-refractivity contribution in [3.63, 3.8) is 0 Å². The zero-order chi connectivity index (χ0) is 14.3. The highest BCUT2D eigenvalue weighted by Crippen LogP contribution is 2.11. The minimum atomic E-state index is -0.239. The first kappa shape index (κ1) is 15.7. The summed E-state index contributed by atoms with van der Waals surface area (Å²) in [6.07, 6.45) is 3.29. The molecule has 0 spiro atoms. The van der Waals surface area contributed by atoms with E-state index in [1.165, 1.54) is 12.1 Å². The number of amides is 1. The van der Waals surface area contributed by atoms with Crippen molar-refractivity contribution in [3.05, 3.63) is 35.6 Å². The molecule has 0 aliphatic rings. The van der Waals surface area contributed by atoms with Gasteiger partial charge in [-0.2, -0.15) is 0 Å². The minimum Gasteiger partial charge on any atom is -0.338 e. The van der Waals surface area contributed by atoms with Gasteiger partial charge in [-0.05, 0) is 24.1 Å². The Morgan fingerprint density at radius 3 is 2.37 bits per heavy atom. The molecule has 1 aromatic rings. The SMILES string of the molecule is CCCCCN(Cc1ccc(F)cc1)C(=O)C(C)C. The van der Waals surface area contributed by atoms with E-state index in [4.69, 9.17) is 0 Å². The summed E-state index contributed by atoms with van der Waals surface area (Å²) in [6, 6.07) is 6.38. The molecule has 0 aliphatic carbocycles. The first-order chi connectivity index (χ1) is 9.04. The zero-order valence-corrected chi connectivity index (χ0v) is 12.2. The molecule has 0 aliphatic heterocycles. The van der Waals surface area contributed by atoms with Gasteiger partial charge in [-0.25, -0.2) is 4.39 Å². The third-order valence-electron chi connectivity index (χ3n) is 3.12. The standard InChI is InChI=1S/C16H24FNO/c1-4-5-6-11-18(16(19)13(2)3)12-14-7-9-15(17)10-8-14/h7-10,13H,4-6,11-12H2,1-3H3. The van der Waals surface area contributed by atoms with Gasteiger partial charge in [-0.1, -0.05) is 45.7 Å². The summed E-state index contributed by atoms with van der Waals surface area (Å²) < 4.78 is 12.9. The van der Waals surface area contributed by atoms with Crippen molar-refractivity contribution >= 4 is 5.91 Å². The molecular formula is C16H24FNO. The van der Waals surface area contributed by atoms with Gasteiger partial charge in [0.05, 0.1) is 0 Å². The zero-order valence-electron chi connectivity index (χ0n) is 12.2. The fourth-order valence-corrected chi connectivity index (χ4v) is 2.00. The minimum absolute atomic E-state index is 0.00192. The summed E-state index contributed by atoms with van der Waals surface area (Å²) in [5, 5.41) is 0. The summed E-state index contributed by atoms with van der Waals surface area (Å²) in [5.41, 5.74) is 0.979. The highest BCUT2D eigenvalue weighted by molar-refractivity contribution is 5.78. The van der Waals surface area contributed by atoms with Crippen molar-refractivity contribution in [1.82, 2.24) is 4.90 Å². The fourth-order valence-electron chi connectivity index (χ4n) is 2.00. The topological polar surface area (TPSA) is 20.3 Å². The summed E-state index contributed by atoms with van der Waals surface area (Å²) in [7, 11) is 0. The maximum absolute atomic E-state index is 12.9. The summed E-state index contributed by atoms with van der Waals surface area (Å²) in [5.74, 6) is -0.0704. The van der Waals surface area contributed by atoms with Crippen LogP contribution in [0.2, 0.25) is 0 Å². The Morgan fingerprint density at radius 1 is 1.21 bits per heavy atom. The van der Waals surface area contributed by atoms with Gasteiger partial charge in [0.2, 0.25) is 5.91 Å². The normalized spacial score (nSPS) is 10.8. The molecule has 0 unspecified atom stereocenters. The predicted octanol–water partition coefficient (Wildman–Crippen LogP) is 4.00. The Balaban J connectivity index is 2.67. The third kappa shape index (κ3) is 5.41. The predicted molar refractivity (Wildman–Crippen MR) is 76.2 cm³/mol. The van der Waals surface area contributed by atoms with Crippen molar-refractivity contribution < 1.29 is 9.18 Å². The number of halogens is 1. The smallest absolute Gasteiger partial charge is 0.225 e. The molecule has 2 nitrogen and oxygen atoms in total. The number of nitrogens with zero attached hydrogens (tertiary/aromatic N) is 1. The number of benzene rings is 1. The van der Waals surface area contributed by atoms with Gasteiger partial charge in [-0.15, -0.1) is 0 Å². The number of hydrogen-bond donors (Lipinski definition) is 0. The average molecular weight is 265 g/mol. The Morgan fingerprint density at radius 2 is 1.84 bits per heavy atom.